The largest absolute Gasteiger partial charge is 0.397 e. The molecular weight excluding hydrogens is 232 g/mol. The first-order valence-electron chi connectivity index (χ1n) is 6.51. The van der Waals surface area contributed by atoms with Gasteiger partial charge in [0.25, 0.3) is 0 Å². The molecule has 0 saturated heterocycles. The summed E-state index contributed by atoms with van der Waals surface area (Å²) in [6.07, 6.45) is 5.76. The van der Waals surface area contributed by atoms with Gasteiger partial charge in [0.2, 0.25) is 0 Å². The third-order valence-electron chi connectivity index (χ3n) is 3.44. The van der Waals surface area contributed by atoms with Crippen LogP contribution in [0.4, 0.5) is 0 Å². The molecule has 0 saturated carbocycles. The highest BCUT2D eigenvalue weighted by Gasteiger charge is 2.42. The summed E-state index contributed by atoms with van der Waals surface area (Å²) in [6.45, 7) is 5.21. The van der Waals surface area contributed by atoms with Crippen molar-refractivity contribution in [3.63, 3.8) is 0 Å². The molecule has 0 spiro atoms. The lowest BCUT2D eigenvalue weighted by molar-refractivity contribution is 0.222. The lowest BCUT2D eigenvalue weighted by atomic mass is 10.2. The second-order valence-corrected chi connectivity index (χ2v) is 8.12. The van der Waals surface area contributed by atoms with Crippen LogP contribution in [-0.2, 0) is 8.85 Å². The molecule has 0 aromatic heterocycles. The Kier molecular flexibility index (Phi) is 12.7. The van der Waals surface area contributed by atoms with E-state index in [0.29, 0.717) is 5.54 Å². The predicted octanol–water partition coefficient (Wildman–Crippen LogP) is 3.20. The van der Waals surface area contributed by atoms with Gasteiger partial charge in [-0.05, 0) is 25.4 Å². The summed E-state index contributed by atoms with van der Waals surface area (Å²) < 4.78 is 11.6. The van der Waals surface area contributed by atoms with Gasteiger partial charge in [-0.1, -0.05) is 33.1 Å². The minimum absolute atomic E-state index is 0. The SMILES string of the molecule is CCCC[Si](OC)(OC)C(CC)CCCN.N. The Labute approximate surface area is 108 Å². The van der Waals surface area contributed by atoms with Crippen molar-refractivity contribution in [2.24, 2.45) is 5.73 Å². The van der Waals surface area contributed by atoms with Gasteiger partial charge in [0, 0.05) is 19.8 Å². The van der Waals surface area contributed by atoms with E-state index in [1.54, 1.807) is 0 Å². The highest BCUT2D eigenvalue weighted by molar-refractivity contribution is 6.68. The molecule has 0 aromatic carbocycles. The highest BCUT2D eigenvalue weighted by atomic mass is 28.4. The molecule has 0 heterocycles. The molecule has 106 valence electrons. The second kappa shape index (κ2) is 11.2. The third kappa shape index (κ3) is 5.97. The first kappa shape index (κ1) is 19.4. The lowest BCUT2D eigenvalue weighted by Gasteiger charge is -2.34. The smallest absolute Gasteiger partial charge is 0.340 e. The zero-order chi connectivity index (χ0) is 12.4. The molecule has 0 bridgehead atoms. The number of nitrogens with two attached hydrogens (primary N) is 1. The van der Waals surface area contributed by atoms with Crippen LogP contribution in [0.3, 0.4) is 0 Å². The second-order valence-electron chi connectivity index (χ2n) is 4.36. The van der Waals surface area contributed by atoms with Crippen molar-refractivity contribution in [3.05, 3.63) is 0 Å². The number of hydrogen-bond acceptors (Lipinski definition) is 4. The zero-order valence-corrected chi connectivity index (χ0v) is 13.1. The molecule has 0 aliphatic heterocycles. The van der Waals surface area contributed by atoms with Crippen LogP contribution < -0.4 is 11.9 Å². The third-order valence-corrected chi connectivity index (χ3v) is 7.81. The molecule has 0 rings (SSSR count). The van der Waals surface area contributed by atoms with Crippen LogP contribution in [0.25, 0.3) is 0 Å². The Bertz CT molecular complexity index is 167. The van der Waals surface area contributed by atoms with E-state index in [-0.39, 0.29) is 6.15 Å². The molecule has 5 N–H and O–H groups in total. The molecule has 0 aromatic rings. The van der Waals surface area contributed by atoms with Gasteiger partial charge in [0.15, 0.2) is 0 Å². The normalized spacial score (nSPS) is 13.2. The van der Waals surface area contributed by atoms with Gasteiger partial charge in [0.05, 0.1) is 0 Å². The van der Waals surface area contributed by atoms with Gasteiger partial charge in [-0.3, -0.25) is 0 Å². The molecule has 0 fully saturated rings. The summed E-state index contributed by atoms with van der Waals surface area (Å²) in [4.78, 5) is 0. The van der Waals surface area contributed by atoms with Crippen LogP contribution in [0.1, 0.15) is 46.0 Å². The topological polar surface area (TPSA) is 79.5 Å². The number of rotatable bonds is 10. The minimum Gasteiger partial charge on any atom is -0.397 e. The Morgan fingerprint density at radius 3 is 2.06 bits per heavy atom. The van der Waals surface area contributed by atoms with E-state index in [1.807, 2.05) is 14.2 Å². The average Bonchev–Trinajstić information content (AvgIpc) is 2.34. The van der Waals surface area contributed by atoms with Gasteiger partial charge in [-0.2, -0.15) is 0 Å². The monoisotopic (exact) mass is 264 g/mol. The van der Waals surface area contributed by atoms with Crippen LogP contribution in [0.2, 0.25) is 11.6 Å². The van der Waals surface area contributed by atoms with Gasteiger partial charge in [-0.25, -0.2) is 0 Å². The molecule has 5 heteroatoms. The van der Waals surface area contributed by atoms with E-state index in [2.05, 4.69) is 13.8 Å². The maximum Gasteiger partial charge on any atom is 0.340 e. The quantitative estimate of drug-likeness (QED) is 0.594. The van der Waals surface area contributed by atoms with Crippen LogP contribution in [0.5, 0.6) is 0 Å². The fraction of sp³-hybridized carbons (Fsp3) is 1.00. The first-order valence-corrected chi connectivity index (χ1v) is 8.61. The van der Waals surface area contributed by atoms with Gasteiger partial charge in [0.1, 0.15) is 0 Å². The van der Waals surface area contributed by atoms with E-state index in [0.717, 1.165) is 31.9 Å². The Morgan fingerprint density at radius 2 is 1.71 bits per heavy atom. The fourth-order valence-electron chi connectivity index (χ4n) is 2.35. The highest BCUT2D eigenvalue weighted by Crippen LogP contribution is 2.35. The molecular formula is C12H32N2O2Si. The molecule has 0 aliphatic carbocycles. The van der Waals surface area contributed by atoms with E-state index in [4.69, 9.17) is 14.6 Å². The van der Waals surface area contributed by atoms with Crippen molar-refractivity contribution in [1.82, 2.24) is 6.15 Å². The summed E-state index contributed by atoms with van der Waals surface area (Å²) in [6, 6.07) is 1.11. The standard InChI is InChI=1S/C12H29NO2Si.H3N/c1-5-7-11-16(14-3,15-4)12(6-2)9-8-10-13;/h12H,5-11,13H2,1-4H3;1H3. The van der Waals surface area contributed by atoms with Crippen molar-refractivity contribution in [2.75, 3.05) is 20.8 Å². The van der Waals surface area contributed by atoms with Gasteiger partial charge < -0.3 is 20.7 Å². The summed E-state index contributed by atoms with van der Waals surface area (Å²) in [7, 11) is 1.65. The van der Waals surface area contributed by atoms with Crippen molar-refractivity contribution < 1.29 is 8.85 Å². The Morgan fingerprint density at radius 1 is 1.12 bits per heavy atom. The fourth-order valence-corrected chi connectivity index (χ4v) is 6.11. The molecule has 0 aliphatic rings. The molecule has 1 atom stereocenters. The molecule has 0 radical (unpaired) electrons. The summed E-state index contributed by atoms with van der Waals surface area (Å²) in [5.74, 6) is 0. The molecule has 0 amide bonds. The zero-order valence-electron chi connectivity index (χ0n) is 12.1. The first-order chi connectivity index (χ1) is 7.70. The van der Waals surface area contributed by atoms with Crippen molar-refractivity contribution >= 4 is 8.56 Å². The Balaban J connectivity index is 0. The van der Waals surface area contributed by atoms with Crippen molar-refractivity contribution in [1.29, 1.82) is 0 Å². The molecule has 17 heavy (non-hydrogen) atoms. The van der Waals surface area contributed by atoms with Crippen LogP contribution in [-0.4, -0.2) is 29.3 Å². The van der Waals surface area contributed by atoms with Crippen LogP contribution >= 0.6 is 0 Å². The van der Waals surface area contributed by atoms with Crippen LogP contribution in [0.15, 0.2) is 0 Å². The van der Waals surface area contributed by atoms with Gasteiger partial charge in [-0.15, -0.1) is 0 Å². The van der Waals surface area contributed by atoms with Gasteiger partial charge >= 0.3 is 8.56 Å². The van der Waals surface area contributed by atoms with Crippen molar-refractivity contribution in [2.45, 2.75) is 57.5 Å². The molecule has 1 unspecified atom stereocenters. The van der Waals surface area contributed by atoms with Crippen LogP contribution in [0, 0.1) is 0 Å². The maximum atomic E-state index is 5.82. The summed E-state index contributed by atoms with van der Waals surface area (Å²) in [5, 5.41) is 0. The number of hydrogen-bond donors (Lipinski definition) is 2. The summed E-state index contributed by atoms with van der Waals surface area (Å²) in [5.41, 5.74) is 6.17. The van der Waals surface area contributed by atoms with E-state index in [9.17, 15) is 0 Å². The van der Waals surface area contributed by atoms with E-state index >= 15 is 0 Å². The predicted molar refractivity (Wildman–Crippen MR) is 76.8 cm³/mol. The molecule has 4 nitrogen and oxygen atoms in total. The minimum atomic E-state index is -1.99. The maximum absolute atomic E-state index is 5.82. The van der Waals surface area contributed by atoms with E-state index < -0.39 is 8.56 Å². The lowest BCUT2D eigenvalue weighted by Crippen LogP contribution is -2.45. The van der Waals surface area contributed by atoms with E-state index in [1.165, 1.54) is 12.8 Å². The Hall–Kier alpha value is 0.0569. The number of unbranched alkanes of at least 4 members (excludes halogenated alkanes) is 1. The summed E-state index contributed by atoms with van der Waals surface area (Å²) >= 11 is 0. The van der Waals surface area contributed by atoms with Crippen molar-refractivity contribution in [3.8, 4) is 0 Å². The average molecular weight is 264 g/mol.